The van der Waals surface area contributed by atoms with Gasteiger partial charge in [-0.05, 0) is 30.9 Å². The molecule has 1 rings (SSSR count). The van der Waals surface area contributed by atoms with Crippen LogP contribution in [0.3, 0.4) is 0 Å². The molecule has 15 heavy (non-hydrogen) atoms. The number of urea groups is 1. The Kier molecular flexibility index (Phi) is 4.59. The highest BCUT2D eigenvalue weighted by atomic mass is 16.2. The van der Waals surface area contributed by atoms with Crippen molar-refractivity contribution >= 4 is 12.2 Å². The summed E-state index contributed by atoms with van der Waals surface area (Å²) in [7, 11) is 0. The van der Waals surface area contributed by atoms with E-state index in [9.17, 15) is 4.79 Å². The number of carbonyl (C=O) groups excluding carboxylic acids is 1. The Labute approximate surface area is 91.5 Å². The van der Waals surface area contributed by atoms with E-state index in [1.54, 1.807) is 0 Å². The Bertz CT molecular complexity index is 230. The van der Waals surface area contributed by atoms with Gasteiger partial charge in [0.2, 0.25) is 0 Å². The number of likely N-dealkylation sites (tertiary alicyclic amines) is 1. The molecular weight excluding hydrogens is 190 g/mol. The zero-order valence-corrected chi connectivity index (χ0v) is 9.62. The molecule has 0 radical (unpaired) electrons. The maximum atomic E-state index is 11.7. The molecule has 0 aromatic carbocycles. The lowest BCUT2D eigenvalue weighted by Gasteiger charge is -2.35. The summed E-state index contributed by atoms with van der Waals surface area (Å²) in [5.74, 6) is 1.31. The van der Waals surface area contributed by atoms with Crippen molar-refractivity contribution in [2.45, 2.75) is 26.7 Å². The Balaban J connectivity index is 2.30. The first-order valence-electron chi connectivity index (χ1n) is 5.67. The summed E-state index contributed by atoms with van der Waals surface area (Å²) in [5, 5.41) is 9.68. The fourth-order valence-corrected chi connectivity index (χ4v) is 1.81. The van der Waals surface area contributed by atoms with Crippen LogP contribution in [0.15, 0.2) is 0 Å². The summed E-state index contributed by atoms with van der Waals surface area (Å²) in [6.45, 7) is 6.74. The lowest BCUT2D eigenvalue weighted by atomic mass is 9.89. The zero-order valence-electron chi connectivity index (χ0n) is 9.62. The number of hydrogen-bond donors (Lipinski definition) is 2. The molecule has 1 aliphatic rings. The van der Waals surface area contributed by atoms with E-state index < -0.39 is 0 Å². The van der Waals surface area contributed by atoms with Gasteiger partial charge in [-0.3, -0.25) is 0 Å². The molecule has 0 saturated carbocycles. The van der Waals surface area contributed by atoms with Crippen LogP contribution in [0.25, 0.3) is 0 Å². The Morgan fingerprint density at radius 1 is 1.53 bits per heavy atom. The van der Waals surface area contributed by atoms with E-state index in [-0.39, 0.29) is 6.03 Å². The minimum Gasteiger partial charge on any atom is -0.338 e. The Hall–Kier alpha value is -1.06. The average Bonchev–Trinajstić information content (AvgIpc) is 2.22. The molecule has 2 atom stereocenters. The third-order valence-corrected chi connectivity index (χ3v) is 3.19. The van der Waals surface area contributed by atoms with Crippen LogP contribution in [0, 0.1) is 17.2 Å². The van der Waals surface area contributed by atoms with Crippen LogP contribution in [-0.2, 0) is 0 Å². The minimum atomic E-state index is 0.0237. The van der Waals surface area contributed by atoms with E-state index in [1.807, 2.05) is 4.90 Å². The van der Waals surface area contributed by atoms with Gasteiger partial charge in [0.15, 0.2) is 0 Å². The minimum absolute atomic E-state index is 0.0237. The van der Waals surface area contributed by atoms with Crippen molar-refractivity contribution in [1.82, 2.24) is 10.2 Å². The van der Waals surface area contributed by atoms with Crippen molar-refractivity contribution in [2.24, 2.45) is 11.8 Å². The van der Waals surface area contributed by atoms with Crippen molar-refractivity contribution in [3.63, 3.8) is 0 Å². The van der Waals surface area contributed by atoms with Gasteiger partial charge in [0.25, 0.3) is 0 Å². The van der Waals surface area contributed by atoms with E-state index in [1.165, 1.54) is 6.21 Å². The van der Waals surface area contributed by atoms with Gasteiger partial charge in [0.1, 0.15) is 0 Å². The molecule has 1 fully saturated rings. The van der Waals surface area contributed by atoms with Crippen LogP contribution >= 0.6 is 0 Å². The highest BCUT2D eigenvalue weighted by Crippen LogP contribution is 2.22. The van der Waals surface area contributed by atoms with Gasteiger partial charge in [0.05, 0.1) is 0 Å². The normalized spacial score (nSPS) is 26.1. The van der Waals surface area contributed by atoms with Gasteiger partial charge >= 0.3 is 6.03 Å². The quantitative estimate of drug-likeness (QED) is 0.542. The first kappa shape index (κ1) is 12.0. The number of amides is 2. The third kappa shape index (κ3) is 3.53. The number of rotatable bonds is 3. The van der Waals surface area contributed by atoms with Gasteiger partial charge in [-0.1, -0.05) is 13.8 Å². The van der Waals surface area contributed by atoms with Crippen molar-refractivity contribution in [3.05, 3.63) is 0 Å². The van der Waals surface area contributed by atoms with Crippen LogP contribution in [0.1, 0.15) is 26.7 Å². The Morgan fingerprint density at radius 2 is 2.27 bits per heavy atom. The van der Waals surface area contributed by atoms with Crippen LogP contribution in [-0.4, -0.2) is 36.8 Å². The summed E-state index contributed by atoms with van der Waals surface area (Å²) in [6.07, 6.45) is 3.03. The van der Waals surface area contributed by atoms with Crippen LogP contribution < -0.4 is 5.32 Å². The number of nitrogens with one attached hydrogen (secondary N) is 2. The summed E-state index contributed by atoms with van der Waals surface area (Å²) in [4.78, 5) is 13.5. The molecule has 2 N–H and O–H groups in total. The number of nitrogens with zero attached hydrogens (tertiary/aromatic N) is 1. The second kappa shape index (κ2) is 5.73. The molecule has 1 aliphatic heterocycles. The summed E-state index contributed by atoms with van der Waals surface area (Å²) >= 11 is 0. The summed E-state index contributed by atoms with van der Waals surface area (Å²) in [5.41, 5.74) is 0. The molecule has 0 bridgehead atoms. The first-order chi connectivity index (χ1) is 7.15. The molecule has 0 unspecified atom stereocenters. The predicted octanol–water partition coefficient (Wildman–Crippen LogP) is 1.71. The molecule has 2 amide bonds. The van der Waals surface area contributed by atoms with E-state index in [2.05, 4.69) is 19.2 Å². The largest absolute Gasteiger partial charge is 0.338 e. The standard InChI is InChI=1S/C11H21N3O/c1-9-4-7-14(8-10(9)2)11(15)13-6-3-5-12/h5,9-10,12H,3-4,6-8H2,1-2H3,(H,13,15)/t9-,10+/m1/s1. The molecule has 0 aromatic heterocycles. The van der Waals surface area contributed by atoms with Gasteiger partial charge in [-0.2, -0.15) is 0 Å². The highest BCUT2D eigenvalue weighted by molar-refractivity contribution is 5.74. The molecular formula is C11H21N3O. The number of carbonyl (C=O) groups is 1. The van der Waals surface area contributed by atoms with Gasteiger partial charge < -0.3 is 15.6 Å². The third-order valence-electron chi connectivity index (χ3n) is 3.19. The van der Waals surface area contributed by atoms with E-state index in [0.717, 1.165) is 25.4 Å². The Morgan fingerprint density at radius 3 is 2.87 bits per heavy atom. The SMILES string of the molecule is C[C@@H]1CCN(C(=O)NCCC=N)C[C@@H]1C. The van der Waals surface area contributed by atoms with E-state index in [0.29, 0.717) is 18.9 Å². The summed E-state index contributed by atoms with van der Waals surface area (Å²) in [6, 6.07) is 0.0237. The second-order valence-corrected chi connectivity index (χ2v) is 4.41. The average molecular weight is 211 g/mol. The van der Waals surface area contributed by atoms with E-state index in [4.69, 9.17) is 5.41 Å². The van der Waals surface area contributed by atoms with E-state index >= 15 is 0 Å². The maximum absolute atomic E-state index is 11.7. The van der Waals surface area contributed by atoms with Crippen molar-refractivity contribution in [2.75, 3.05) is 19.6 Å². The fourth-order valence-electron chi connectivity index (χ4n) is 1.81. The molecule has 1 heterocycles. The van der Waals surface area contributed by atoms with Gasteiger partial charge in [-0.15, -0.1) is 0 Å². The maximum Gasteiger partial charge on any atom is 0.317 e. The number of hydrogen-bond acceptors (Lipinski definition) is 2. The molecule has 1 saturated heterocycles. The molecule has 0 aromatic rings. The van der Waals surface area contributed by atoms with Crippen molar-refractivity contribution < 1.29 is 4.79 Å². The molecule has 0 spiro atoms. The van der Waals surface area contributed by atoms with Crippen LogP contribution in [0.2, 0.25) is 0 Å². The van der Waals surface area contributed by atoms with Crippen molar-refractivity contribution in [3.8, 4) is 0 Å². The second-order valence-electron chi connectivity index (χ2n) is 4.41. The smallest absolute Gasteiger partial charge is 0.317 e. The lowest BCUT2D eigenvalue weighted by molar-refractivity contribution is 0.145. The van der Waals surface area contributed by atoms with Gasteiger partial charge in [-0.25, -0.2) is 4.79 Å². The van der Waals surface area contributed by atoms with Crippen LogP contribution in [0.4, 0.5) is 4.79 Å². The van der Waals surface area contributed by atoms with Gasteiger partial charge in [0, 0.05) is 19.6 Å². The molecule has 86 valence electrons. The fraction of sp³-hybridized carbons (Fsp3) is 0.818. The molecule has 4 nitrogen and oxygen atoms in total. The lowest BCUT2D eigenvalue weighted by Crippen LogP contribution is -2.47. The monoisotopic (exact) mass is 211 g/mol. The molecule has 4 heteroatoms. The highest BCUT2D eigenvalue weighted by Gasteiger charge is 2.25. The van der Waals surface area contributed by atoms with Crippen molar-refractivity contribution in [1.29, 1.82) is 5.41 Å². The molecule has 0 aliphatic carbocycles. The zero-order chi connectivity index (χ0) is 11.3. The van der Waals surface area contributed by atoms with Crippen LogP contribution in [0.5, 0.6) is 0 Å². The topological polar surface area (TPSA) is 56.2 Å². The predicted molar refractivity (Wildman–Crippen MR) is 61.3 cm³/mol. The number of piperidine rings is 1. The summed E-state index contributed by atoms with van der Waals surface area (Å²) < 4.78 is 0. The first-order valence-corrected chi connectivity index (χ1v) is 5.67.